The largest absolute Gasteiger partial charge is 0.378 e. The highest BCUT2D eigenvalue weighted by atomic mass is 16.5. The maximum atomic E-state index is 12.4. The van der Waals surface area contributed by atoms with Crippen molar-refractivity contribution in [3.05, 3.63) is 0 Å². The number of hydrogen-bond donors (Lipinski definition) is 0. The summed E-state index contributed by atoms with van der Waals surface area (Å²) in [5, 5.41) is 0. The van der Waals surface area contributed by atoms with Crippen LogP contribution in [0.4, 0.5) is 4.79 Å². The first-order valence-corrected chi connectivity index (χ1v) is 7.09. The van der Waals surface area contributed by atoms with Gasteiger partial charge in [0.1, 0.15) is 0 Å². The first-order chi connectivity index (χ1) is 8.49. The number of carbonyl (C=O) groups is 1. The van der Waals surface area contributed by atoms with Gasteiger partial charge in [-0.3, -0.25) is 0 Å². The van der Waals surface area contributed by atoms with E-state index in [0.29, 0.717) is 24.7 Å². The van der Waals surface area contributed by atoms with Crippen molar-refractivity contribution in [2.75, 3.05) is 33.4 Å². The Morgan fingerprint density at radius 2 is 1.78 bits per heavy atom. The van der Waals surface area contributed by atoms with Crippen molar-refractivity contribution >= 4 is 6.03 Å². The third kappa shape index (κ3) is 3.16. The normalized spacial score (nSPS) is 24.9. The van der Waals surface area contributed by atoms with Gasteiger partial charge in [0.05, 0.1) is 13.2 Å². The molecule has 0 aromatic carbocycles. The third-order valence-electron chi connectivity index (χ3n) is 4.44. The van der Waals surface area contributed by atoms with E-state index in [1.165, 1.54) is 12.8 Å². The summed E-state index contributed by atoms with van der Waals surface area (Å²) in [6.07, 6.45) is 4.72. The maximum Gasteiger partial charge on any atom is 0.320 e. The Bertz CT molecular complexity index is 288. The second kappa shape index (κ2) is 5.47. The molecule has 2 fully saturated rings. The molecule has 104 valence electrons. The highest BCUT2D eigenvalue weighted by molar-refractivity contribution is 5.74. The SMILES string of the molecule is CN(C(=O)N1CCOCC1)C1CCC(C)(C)CC1. The fourth-order valence-electron chi connectivity index (χ4n) is 2.91. The molecule has 2 aliphatic rings. The number of rotatable bonds is 1. The van der Waals surface area contributed by atoms with Crippen LogP contribution in [0.2, 0.25) is 0 Å². The van der Waals surface area contributed by atoms with E-state index < -0.39 is 0 Å². The molecular weight excluding hydrogens is 228 g/mol. The molecule has 1 saturated heterocycles. The van der Waals surface area contributed by atoms with Crippen LogP contribution >= 0.6 is 0 Å². The van der Waals surface area contributed by atoms with E-state index in [2.05, 4.69) is 13.8 Å². The lowest BCUT2D eigenvalue weighted by molar-refractivity contribution is 0.0377. The van der Waals surface area contributed by atoms with Crippen LogP contribution in [-0.2, 0) is 4.74 Å². The fraction of sp³-hybridized carbons (Fsp3) is 0.929. The topological polar surface area (TPSA) is 32.8 Å². The standard InChI is InChI=1S/C14H26N2O2/c1-14(2)6-4-12(5-7-14)15(3)13(17)16-8-10-18-11-9-16/h12H,4-11H2,1-3H3. The summed E-state index contributed by atoms with van der Waals surface area (Å²) in [5.74, 6) is 0. The Hall–Kier alpha value is -0.770. The molecule has 1 saturated carbocycles. The van der Waals surface area contributed by atoms with Crippen molar-refractivity contribution in [3.63, 3.8) is 0 Å². The predicted molar refractivity (Wildman–Crippen MR) is 71.6 cm³/mol. The quantitative estimate of drug-likeness (QED) is 0.719. The Labute approximate surface area is 110 Å². The molecule has 0 radical (unpaired) electrons. The van der Waals surface area contributed by atoms with Gasteiger partial charge in [-0.05, 0) is 31.1 Å². The second-order valence-electron chi connectivity index (χ2n) is 6.39. The fourth-order valence-corrected chi connectivity index (χ4v) is 2.91. The number of ether oxygens (including phenoxy) is 1. The van der Waals surface area contributed by atoms with Gasteiger partial charge in [0.2, 0.25) is 0 Å². The number of hydrogen-bond acceptors (Lipinski definition) is 2. The summed E-state index contributed by atoms with van der Waals surface area (Å²) >= 11 is 0. The molecule has 18 heavy (non-hydrogen) atoms. The van der Waals surface area contributed by atoms with Crippen molar-refractivity contribution in [1.29, 1.82) is 0 Å². The minimum absolute atomic E-state index is 0.183. The van der Waals surface area contributed by atoms with Crippen LogP contribution in [0.5, 0.6) is 0 Å². The van der Waals surface area contributed by atoms with Crippen LogP contribution in [-0.4, -0.2) is 55.2 Å². The molecule has 0 aromatic heterocycles. The molecule has 1 heterocycles. The lowest BCUT2D eigenvalue weighted by Gasteiger charge is -2.40. The molecule has 1 aliphatic carbocycles. The number of nitrogens with zero attached hydrogens (tertiary/aromatic N) is 2. The monoisotopic (exact) mass is 254 g/mol. The first-order valence-electron chi connectivity index (χ1n) is 7.09. The van der Waals surface area contributed by atoms with Gasteiger partial charge in [-0.1, -0.05) is 13.8 Å². The maximum absolute atomic E-state index is 12.4. The van der Waals surface area contributed by atoms with Crippen LogP contribution in [0.1, 0.15) is 39.5 Å². The van der Waals surface area contributed by atoms with Gasteiger partial charge in [0.15, 0.2) is 0 Å². The smallest absolute Gasteiger partial charge is 0.320 e. The van der Waals surface area contributed by atoms with Gasteiger partial charge in [0, 0.05) is 26.2 Å². The highest BCUT2D eigenvalue weighted by Crippen LogP contribution is 2.36. The Morgan fingerprint density at radius 1 is 1.22 bits per heavy atom. The molecular formula is C14H26N2O2. The summed E-state index contributed by atoms with van der Waals surface area (Å²) in [7, 11) is 1.96. The first kappa shape index (κ1) is 13.7. The van der Waals surface area contributed by atoms with Crippen LogP contribution in [0.25, 0.3) is 0 Å². The minimum Gasteiger partial charge on any atom is -0.378 e. The lowest BCUT2D eigenvalue weighted by atomic mass is 9.75. The summed E-state index contributed by atoms with van der Waals surface area (Å²) in [4.78, 5) is 16.2. The van der Waals surface area contributed by atoms with E-state index in [0.717, 1.165) is 25.9 Å². The third-order valence-corrected chi connectivity index (χ3v) is 4.44. The molecule has 0 atom stereocenters. The van der Waals surface area contributed by atoms with E-state index in [1.807, 2.05) is 16.8 Å². The number of urea groups is 1. The minimum atomic E-state index is 0.183. The van der Waals surface area contributed by atoms with Crippen LogP contribution < -0.4 is 0 Å². The highest BCUT2D eigenvalue weighted by Gasteiger charge is 2.32. The van der Waals surface area contributed by atoms with Gasteiger partial charge >= 0.3 is 6.03 Å². The van der Waals surface area contributed by atoms with Crippen molar-refractivity contribution in [2.24, 2.45) is 5.41 Å². The molecule has 4 heteroatoms. The zero-order chi connectivity index (χ0) is 13.2. The van der Waals surface area contributed by atoms with E-state index in [9.17, 15) is 4.79 Å². The predicted octanol–water partition coefficient (Wildman–Crippen LogP) is 2.34. The van der Waals surface area contributed by atoms with E-state index in [-0.39, 0.29) is 6.03 Å². The second-order valence-corrected chi connectivity index (χ2v) is 6.39. The zero-order valence-electron chi connectivity index (χ0n) is 11.9. The molecule has 0 unspecified atom stereocenters. The van der Waals surface area contributed by atoms with Crippen molar-refractivity contribution in [3.8, 4) is 0 Å². The van der Waals surface area contributed by atoms with Crippen LogP contribution in [0.15, 0.2) is 0 Å². The van der Waals surface area contributed by atoms with Crippen LogP contribution in [0.3, 0.4) is 0 Å². The average molecular weight is 254 g/mol. The Morgan fingerprint density at radius 3 is 2.33 bits per heavy atom. The molecule has 2 rings (SSSR count). The Kier molecular flexibility index (Phi) is 4.15. The van der Waals surface area contributed by atoms with E-state index in [1.54, 1.807) is 0 Å². The summed E-state index contributed by atoms with van der Waals surface area (Å²) < 4.78 is 5.29. The van der Waals surface area contributed by atoms with Gasteiger partial charge in [-0.25, -0.2) is 4.79 Å². The molecule has 1 aliphatic heterocycles. The molecule has 0 N–H and O–H groups in total. The van der Waals surface area contributed by atoms with Crippen molar-refractivity contribution < 1.29 is 9.53 Å². The molecule has 0 bridgehead atoms. The Balaban J connectivity index is 1.87. The van der Waals surface area contributed by atoms with Gasteiger partial charge in [-0.15, -0.1) is 0 Å². The molecule has 0 aromatic rings. The van der Waals surface area contributed by atoms with Crippen molar-refractivity contribution in [2.45, 2.75) is 45.6 Å². The number of amides is 2. The van der Waals surface area contributed by atoms with E-state index in [4.69, 9.17) is 4.74 Å². The number of carbonyl (C=O) groups excluding carboxylic acids is 1. The molecule has 2 amide bonds. The van der Waals surface area contributed by atoms with Crippen LogP contribution in [0, 0.1) is 5.41 Å². The average Bonchev–Trinajstić information content (AvgIpc) is 2.38. The molecule has 4 nitrogen and oxygen atoms in total. The summed E-state index contributed by atoms with van der Waals surface area (Å²) in [5.41, 5.74) is 0.458. The van der Waals surface area contributed by atoms with Gasteiger partial charge in [0.25, 0.3) is 0 Å². The van der Waals surface area contributed by atoms with E-state index >= 15 is 0 Å². The number of morpholine rings is 1. The summed E-state index contributed by atoms with van der Waals surface area (Å²) in [6, 6.07) is 0.608. The lowest BCUT2D eigenvalue weighted by Crippen LogP contribution is -2.51. The zero-order valence-corrected chi connectivity index (χ0v) is 11.9. The van der Waals surface area contributed by atoms with Crippen molar-refractivity contribution in [1.82, 2.24) is 9.80 Å². The summed E-state index contributed by atoms with van der Waals surface area (Å²) in [6.45, 7) is 7.48. The van der Waals surface area contributed by atoms with Gasteiger partial charge < -0.3 is 14.5 Å². The van der Waals surface area contributed by atoms with Gasteiger partial charge in [-0.2, -0.15) is 0 Å². The molecule has 0 spiro atoms.